The highest BCUT2D eigenvalue weighted by atomic mass is 35.5. The van der Waals surface area contributed by atoms with Gasteiger partial charge in [0.05, 0.1) is 6.42 Å². The molecule has 0 aliphatic rings. The predicted octanol–water partition coefficient (Wildman–Crippen LogP) is 3.42. The Morgan fingerprint density at radius 1 is 1.10 bits per heavy atom. The molecule has 21 heavy (non-hydrogen) atoms. The third-order valence-corrected chi connectivity index (χ3v) is 3.47. The lowest BCUT2D eigenvalue weighted by atomic mass is 10.1. The number of carbonyl (C=O) groups excluding carboxylic acids is 1. The largest absolute Gasteiger partial charge is 0.356 e. The number of hydrogen-bond acceptors (Lipinski definition) is 2. The van der Waals surface area contributed by atoms with Crippen LogP contribution in [0.4, 0.5) is 0 Å². The van der Waals surface area contributed by atoms with Crippen LogP contribution in [0.25, 0.3) is 0 Å². The molecular formula is C17H19ClN2O. The van der Waals surface area contributed by atoms with Gasteiger partial charge in [0.2, 0.25) is 5.91 Å². The zero-order chi connectivity index (χ0) is 14.9. The van der Waals surface area contributed by atoms with Crippen LogP contribution < -0.4 is 5.32 Å². The average Bonchev–Trinajstić information content (AvgIpc) is 2.50. The predicted molar refractivity (Wildman–Crippen MR) is 85.3 cm³/mol. The molecule has 0 bridgehead atoms. The highest BCUT2D eigenvalue weighted by molar-refractivity contribution is 6.30. The summed E-state index contributed by atoms with van der Waals surface area (Å²) in [6.07, 6.45) is 7.09. The van der Waals surface area contributed by atoms with Gasteiger partial charge in [0.1, 0.15) is 0 Å². The molecule has 1 N–H and O–H groups in total. The topological polar surface area (TPSA) is 42.0 Å². The maximum absolute atomic E-state index is 11.8. The lowest BCUT2D eigenvalue weighted by Gasteiger charge is -2.05. The number of hydrogen-bond donors (Lipinski definition) is 1. The minimum atomic E-state index is 0.0544. The molecule has 4 heteroatoms. The zero-order valence-electron chi connectivity index (χ0n) is 11.9. The fourth-order valence-corrected chi connectivity index (χ4v) is 2.20. The molecule has 0 fully saturated rings. The normalized spacial score (nSPS) is 10.3. The van der Waals surface area contributed by atoms with E-state index in [1.54, 1.807) is 18.3 Å². The monoisotopic (exact) mass is 302 g/mol. The van der Waals surface area contributed by atoms with E-state index < -0.39 is 0 Å². The van der Waals surface area contributed by atoms with Gasteiger partial charge in [-0.25, -0.2) is 0 Å². The smallest absolute Gasteiger partial charge is 0.224 e. The quantitative estimate of drug-likeness (QED) is 0.796. The molecule has 0 spiro atoms. The van der Waals surface area contributed by atoms with Crippen LogP contribution in [-0.4, -0.2) is 17.4 Å². The number of rotatable bonds is 7. The van der Waals surface area contributed by atoms with Crippen molar-refractivity contribution < 1.29 is 4.79 Å². The van der Waals surface area contributed by atoms with E-state index >= 15 is 0 Å². The van der Waals surface area contributed by atoms with Crippen LogP contribution in [0.5, 0.6) is 0 Å². The van der Waals surface area contributed by atoms with Gasteiger partial charge in [-0.15, -0.1) is 0 Å². The van der Waals surface area contributed by atoms with Crippen molar-refractivity contribution >= 4 is 17.5 Å². The number of amides is 1. The molecule has 2 rings (SSSR count). The molecule has 1 heterocycles. The number of carbonyl (C=O) groups is 1. The molecule has 1 amide bonds. The Morgan fingerprint density at radius 2 is 1.90 bits per heavy atom. The molecule has 0 saturated heterocycles. The number of nitrogens with one attached hydrogen (secondary N) is 1. The zero-order valence-corrected chi connectivity index (χ0v) is 12.6. The van der Waals surface area contributed by atoms with Crippen LogP contribution in [0, 0.1) is 0 Å². The maximum Gasteiger partial charge on any atom is 0.224 e. The second-order valence-electron chi connectivity index (χ2n) is 4.97. The van der Waals surface area contributed by atoms with Crippen LogP contribution >= 0.6 is 11.6 Å². The first kappa shape index (κ1) is 15.5. The summed E-state index contributed by atoms with van der Waals surface area (Å²) < 4.78 is 0. The SMILES string of the molecule is O=C(Cc1ccc(Cl)cc1)NCCCCc1cccnc1. The van der Waals surface area contributed by atoms with Crippen molar-refractivity contribution in [3.63, 3.8) is 0 Å². The lowest BCUT2D eigenvalue weighted by molar-refractivity contribution is -0.120. The fourth-order valence-electron chi connectivity index (χ4n) is 2.08. The highest BCUT2D eigenvalue weighted by Crippen LogP contribution is 2.09. The molecule has 0 atom stereocenters. The van der Waals surface area contributed by atoms with E-state index in [1.807, 2.05) is 24.4 Å². The number of unbranched alkanes of at least 4 members (excludes halogenated alkanes) is 1. The van der Waals surface area contributed by atoms with E-state index in [2.05, 4.69) is 16.4 Å². The Morgan fingerprint density at radius 3 is 2.62 bits per heavy atom. The van der Waals surface area contributed by atoms with Gasteiger partial charge in [0.15, 0.2) is 0 Å². The summed E-state index contributed by atoms with van der Waals surface area (Å²) in [5, 5.41) is 3.63. The van der Waals surface area contributed by atoms with Crippen molar-refractivity contribution in [3.8, 4) is 0 Å². The van der Waals surface area contributed by atoms with Crippen molar-refractivity contribution in [3.05, 3.63) is 64.9 Å². The van der Waals surface area contributed by atoms with Crippen LogP contribution in [0.1, 0.15) is 24.0 Å². The van der Waals surface area contributed by atoms with Crippen LogP contribution in [0.3, 0.4) is 0 Å². The summed E-state index contributed by atoms with van der Waals surface area (Å²) in [6.45, 7) is 0.715. The first-order chi connectivity index (χ1) is 10.2. The van der Waals surface area contributed by atoms with Gasteiger partial charge in [0.25, 0.3) is 0 Å². The second kappa shape index (κ2) is 8.42. The Kier molecular flexibility index (Phi) is 6.22. The van der Waals surface area contributed by atoms with Gasteiger partial charge in [-0.3, -0.25) is 9.78 Å². The Labute approximate surface area is 130 Å². The molecule has 2 aromatic rings. The summed E-state index contributed by atoms with van der Waals surface area (Å²) in [5.41, 5.74) is 2.22. The third kappa shape index (κ3) is 5.96. The first-order valence-electron chi connectivity index (χ1n) is 7.14. The lowest BCUT2D eigenvalue weighted by Crippen LogP contribution is -2.26. The number of pyridine rings is 1. The number of halogens is 1. The van der Waals surface area contributed by atoms with E-state index in [0.29, 0.717) is 18.0 Å². The number of aromatic nitrogens is 1. The summed E-state index contributed by atoms with van der Waals surface area (Å²) in [5.74, 6) is 0.0544. The Hall–Kier alpha value is -1.87. The minimum Gasteiger partial charge on any atom is -0.356 e. The standard InChI is InChI=1S/C17H19ClN2O/c18-16-8-6-14(7-9-16)12-17(21)20-11-2-1-4-15-5-3-10-19-13-15/h3,5-10,13H,1-2,4,11-12H2,(H,20,21). The molecular weight excluding hydrogens is 284 g/mol. The van der Waals surface area contributed by atoms with Crippen LogP contribution in [0.2, 0.25) is 5.02 Å². The summed E-state index contributed by atoms with van der Waals surface area (Å²) in [4.78, 5) is 15.9. The molecule has 0 aliphatic carbocycles. The molecule has 0 saturated carbocycles. The van der Waals surface area contributed by atoms with Gasteiger partial charge < -0.3 is 5.32 Å². The van der Waals surface area contributed by atoms with Crippen molar-refractivity contribution in [2.75, 3.05) is 6.54 Å². The Balaban J connectivity index is 1.60. The van der Waals surface area contributed by atoms with Gasteiger partial charge in [-0.05, 0) is 48.6 Å². The molecule has 0 unspecified atom stereocenters. The first-order valence-corrected chi connectivity index (χ1v) is 7.52. The van der Waals surface area contributed by atoms with E-state index in [0.717, 1.165) is 24.8 Å². The van der Waals surface area contributed by atoms with Gasteiger partial charge in [-0.1, -0.05) is 29.8 Å². The van der Waals surface area contributed by atoms with Gasteiger partial charge in [-0.2, -0.15) is 0 Å². The molecule has 1 aromatic carbocycles. The highest BCUT2D eigenvalue weighted by Gasteiger charge is 2.02. The summed E-state index contributed by atoms with van der Waals surface area (Å²) in [7, 11) is 0. The van der Waals surface area contributed by atoms with Crippen LogP contribution in [0.15, 0.2) is 48.8 Å². The maximum atomic E-state index is 11.8. The summed E-state index contributed by atoms with van der Waals surface area (Å²) in [6, 6.07) is 11.4. The summed E-state index contributed by atoms with van der Waals surface area (Å²) >= 11 is 5.81. The molecule has 0 aliphatic heterocycles. The fraction of sp³-hybridized carbons (Fsp3) is 0.294. The van der Waals surface area contributed by atoms with E-state index in [-0.39, 0.29) is 5.91 Å². The minimum absolute atomic E-state index is 0.0544. The Bertz CT molecular complexity index is 555. The number of nitrogens with zero attached hydrogens (tertiary/aromatic N) is 1. The van der Waals surface area contributed by atoms with Crippen molar-refractivity contribution in [1.29, 1.82) is 0 Å². The van der Waals surface area contributed by atoms with E-state index in [4.69, 9.17) is 11.6 Å². The number of aryl methyl sites for hydroxylation is 1. The van der Waals surface area contributed by atoms with Gasteiger partial charge in [0, 0.05) is 24.0 Å². The van der Waals surface area contributed by atoms with Gasteiger partial charge >= 0.3 is 0 Å². The second-order valence-corrected chi connectivity index (χ2v) is 5.41. The van der Waals surface area contributed by atoms with Crippen molar-refractivity contribution in [1.82, 2.24) is 10.3 Å². The molecule has 0 radical (unpaired) electrons. The average molecular weight is 303 g/mol. The van der Waals surface area contributed by atoms with E-state index in [9.17, 15) is 4.79 Å². The number of benzene rings is 1. The van der Waals surface area contributed by atoms with Crippen molar-refractivity contribution in [2.24, 2.45) is 0 Å². The van der Waals surface area contributed by atoms with Crippen LogP contribution in [-0.2, 0) is 17.6 Å². The van der Waals surface area contributed by atoms with Crippen molar-refractivity contribution in [2.45, 2.75) is 25.7 Å². The third-order valence-electron chi connectivity index (χ3n) is 3.22. The molecule has 3 nitrogen and oxygen atoms in total. The molecule has 1 aromatic heterocycles. The molecule has 110 valence electrons. The van der Waals surface area contributed by atoms with E-state index in [1.165, 1.54) is 5.56 Å².